The second-order valence-corrected chi connectivity index (χ2v) is 4.60. The molecule has 0 saturated carbocycles. The van der Waals surface area contributed by atoms with Gasteiger partial charge in [-0.25, -0.2) is 0 Å². The van der Waals surface area contributed by atoms with E-state index in [4.69, 9.17) is 0 Å². The van der Waals surface area contributed by atoms with Crippen molar-refractivity contribution in [2.75, 3.05) is 5.75 Å². The first kappa shape index (κ1) is 10.1. The molecule has 0 bridgehead atoms. The summed E-state index contributed by atoms with van der Waals surface area (Å²) in [7, 11) is 0. The molecule has 12 heavy (non-hydrogen) atoms. The molecule has 0 aliphatic heterocycles. The van der Waals surface area contributed by atoms with Crippen molar-refractivity contribution in [1.29, 1.82) is 0 Å². The number of carbonyl (C=O) groups excluding carboxylic acids is 1. The van der Waals surface area contributed by atoms with E-state index in [-0.39, 0.29) is 5.78 Å². The van der Waals surface area contributed by atoms with Gasteiger partial charge in [-0.1, -0.05) is 12.1 Å². The number of carbonyl (C=O) groups is 1. The zero-order chi connectivity index (χ0) is 8.97. The third-order valence-electron chi connectivity index (χ3n) is 1.27. The summed E-state index contributed by atoms with van der Waals surface area (Å²) in [4.78, 5) is 11.9. The molecule has 0 N–H and O–H groups in total. The fraction of sp³-hybridized carbons (Fsp3) is 0.222. The SMILES string of the molecule is CC(=O)CSc1ccccc1I. The summed E-state index contributed by atoms with van der Waals surface area (Å²) in [5.74, 6) is 0.791. The molecule has 0 aliphatic carbocycles. The predicted molar refractivity (Wildman–Crippen MR) is 60.6 cm³/mol. The Labute approximate surface area is 90.1 Å². The van der Waals surface area contributed by atoms with Crippen molar-refractivity contribution < 1.29 is 4.79 Å². The van der Waals surface area contributed by atoms with Crippen molar-refractivity contribution in [3.05, 3.63) is 27.8 Å². The summed E-state index contributed by atoms with van der Waals surface area (Å²) in [6, 6.07) is 8.07. The lowest BCUT2D eigenvalue weighted by Crippen LogP contribution is -1.93. The van der Waals surface area contributed by atoms with Crippen LogP contribution < -0.4 is 0 Å². The van der Waals surface area contributed by atoms with Crippen LogP contribution in [-0.4, -0.2) is 11.5 Å². The molecule has 1 rings (SSSR count). The third kappa shape index (κ3) is 3.15. The van der Waals surface area contributed by atoms with Crippen molar-refractivity contribution in [3.63, 3.8) is 0 Å². The van der Waals surface area contributed by atoms with Gasteiger partial charge in [0.05, 0.1) is 5.75 Å². The van der Waals surface area contributed by atoms with Gasteiger partial charge in [-0.05, 0) is 41.6 Å². The molecule has 0 aliphatic rings. The van der Waals surface area contributed by atoms with Crippen LogP contribution in [0.4, 0.5) is 0 Å². The zero-order valence-corrected chi connectivity index (χ0v) is 9.68. The van der Waals surface area contributed by atoms with Crippen molar-refractivity contribution in [3.8, 4) is 0 Å². The molecule has 0 unspecified atom stereocenters. The van der Waals surface area contributed by atoms with Crippen LogP contribution in [0.5, 0.6) is 0 Å². The average molecular weight is 292 g/mol. The number of hydrogen-bond donors (Lipinski definition) is 0. The number of ketones is 1. The summed E-state index contributed by atoms with van der Waals surface area (Å²) in [5.41, 5.74) is 0. The Morgan fingerprint density at radius 3 is 2.75 bits per heavy atom. The topological polar surface area (TPSA) is 17.1 Å². The van der Waals surface area contributed by atoms with Crippen molar-refractivity contribution in [1.82, 2.24) is 0 Å². The Balaban J connectivity index is 2.63. The fourth-order valence-corrected chi connectivity index (χ4v) is 2.34. The second kappa shape index (κ2) is 4.87. The van der Waals surface area contributed by atoms with Crippen molar-refractivity contribution >= 4 is 40.1 Å². The van der Waals surface area contributed by atoms with E-state index in [0.29, 0.717) is 5.75 Å². The molecule has 0 amide bonds. The number of thioether (sulfide) groups is 1. The molecular weight excluding hydrogens is 283 g/mol. The summed E-state index contributed by atoms with van der Waals surface area (Å²) in [6.07, 6.45) is 0. The Kier molecular flexibility index (Phi) is 4.08. The summed E-state index contributed by atoms with van der Waals surface area (Å²) in [5, 5.41) is 0. The molecule has 0 spiro atoms. The van der Waals surface area contributed by atoms with Gasteiger partial charge in [0.2, 0.25) is 0 Å². The number of benzene rings is 1. The van der Waals surface area contributed by atoms with Gasteiger partial charge in [-0.15, -0.1) is 11.8 Å². The predicted octanol–water partition coefficient (Wildman–Crippen LogP) is 2.97. The lowest BCUT2D eigenvalue weighted by atomic mass is 10.4. The minimum Gasteiger partial charge on any atom is -0.299 e. The fourth-order valence-electron chi connectivity index (χ4n) is 0.741. The van der Waals surface area contributed by atoms with Crippen LogP contribution in [0.25, 0.3) is 0 Å². The molecule has 0 fully saturated rings. The van der Waals surface area contributed by atoms with E-state index in [1.54, 1.807) is 18.7 Å². The van der Waals surface area contributed by atoms with Crippen LogP contribution in [0.1, 0.15) is 6.92 Å². The van der Waals surface area contributed by atoms with Gasteiger partial charge in [0.15, 0.2) is 0 Å². The molecule has 0 radical (unpaired) electrons. The number of hydrogen-bond acceptors (Lipinski definition) is 2. The zero-order valence-electron chi connectivity index (χ0n) is 6.71. The molecular formula is C9H9IOS. The lowest BCUT2D eigenvalue weighted by Gasteiger charge is -2.00. The molecule has 1 aromatic rings. The molecule has 0 saturated heterocycles. The molecule has 0 heterocycles. The van der Waals surface area contributed by atoms with E-state index in [0.717, 1.165) is 0 Å². The highest BCUT2D eigenvalue weighted by atomic mass is 127. The number of rotatable bonds is 3. The number of halogens is 1. The van der Waals surface area contributed by atoms with Crippen LogP contribution in [0.2, 0.25) is 0 Å². The minimum absolute atomic E-state index is 0.222. The largest absolute Gasteiger partial charge is 0.299 e. The maximum Gasteiger partial charge on any atom is 0.140 e. The van der Waals surface area contributed by atoms with Gasteiger partial charge in [-0.3, -0.25) is 4.79 Å². The molecule has 64 valence electrons. The number of Topliss-reactive ketones (excluding diaryl/α,β-unsaturated/α-hetero) is 1. The van der Waals surface area contributed by atoms with E-state index in [1.807, 2.05) is 24.3 Å². The van der Waals surface area contributed by atoms with E-state index >= 15 is 0 Å². The molecule has 1 aromatic carbocycles. The Morgan fingerprint density at radius 1 is 1.50 bits per heavy atom. The molecule has 0 aromatic heterocycles. The van der Waals surface area contributed by atoms with Crippen LogP contribution >= 0.6 is 34.4 Å². The van der Waals surface area contributed by atoms with E-state index in [2.05, 4.69) is 22.6 Å². The van der Waals surface area contributed by atoms with Gasteiger partial charge in [0.1, 0.15) is 5.78 Å². The molecule has 0 atom stereocenters. The summed E-state index contributed by atoms with van der Waals surface area (Å²) in [6.45, 7) is 1.61. The normalized spacial score (nSPS) is 9.83. The Hall–Kier alpha value is -0.0300. The maximum absolute atomic E-state index is 10.7. The van der Waals surface area contributed by atoms with Crippen LogP contribution in [0, 0.1) is 3.57 Å². The smallest absolute Gasteiger partial charge is 0.140 e. The van der Waals surface area contributed by atoms with Crippen molar-refractivity contribution in [2.24, 2.45) is 0 Å². The summed E-state index contributed by atoms with van der Waals surface area (Å²) < 4.78 is 1.21. The molecule has 3 heteroatoms. The van der Waals surface area contributed by atoms with E-state index in [1.165, 1.54) is 8.47 Å². The first-order valence-corrected chi connectivity index (χ1v) is 5.63. The standard InChI is InChI=1S/C9H9IOS/c1-7(11)6-12-9-5-3-2-4-8(9)10/h2-5H,6H2,1H3. The molecule has 1 nitrogen and oxygen atoms in total. The van der Waals surface area contributed by atoms with Gasteiger partial charge in [0.25, 0.3) is 0 Å². The minimum atomic E-state index is 0.222. The Morgan fingerprint density at radius 2 is 2.17 bits per heavy atom. The van der Waals surface area contributed by atoms with Gasteiger partial charge in [-0.2, -0.15) is 0 Å². The Bertz CT molecular complexity index is 286. The average Bonchev–Trinajstić information content (AvgIpc) is 2.03. The monoisotopic (exact) mass is 292 g/mol. The first-order valence-electron chi connectivity index (χ1n) is 3.57. The van der Waals surface area contributed by atoms with Crippen molar-refractivity contribution in [2.45, 2.75) is 11.8 Å². The second-order valence-electron chi connectivity index (χ2n) is 2.42. The van der Waals surface area contributed by atoms with E-state index < -0.39 is 0 Å². The van der Waals surface area contributed by atoms with Gasteiger partial charge < -0.3 is 0 Å². The summed E-state index contributed by atoms with van der Waals surface area (Å²) >= 11 is 3.87. The highest BCUT2D eigenvalue weighted by molar-refractivity contribution is 14.1. The highest BCUT2D eigenvalue weighted by Gasteiger charge is 1.99. The first-order chi connectivity index (χ1) is 5.70. The van der Waals surface area contributed by atoms with Crippen LogP contribution in [0.3, 0.4) is 0 Å². The lowest BCUT2D eigenvalue weighted by molar-refractivity contribution is -0.114. The quantitative estimate of drug-likeness (QED) is 0.629. The highest BCUT2D eigenvalue weighted by Crippen LogP contribution is 2.23. The third-order valence-corrected chi connectivity index (χ3v) is 3.79. The van der Waals surface area contributed by atoms with Gasteiger partial charge in [0, 0.05) is 8.47 Å². The van der Waals surface area contributed by atoms with Crippen LogP contribution in [0.15, 0.2) is 29.2 Å². The van der Waals surface area contributed by atoms with E-state index in [9.17, 15) is 4.79 Å². The van der Waals surface area contributed by atoms with Gasteiger partial charge >= 0.3 is 0 Å². The maximum atomic E-state index is 10.7. The van der Waals surface area contributed by atoms with Crippen LogP contribution in [-0.2, 0) is 4.79 Å².